The van der Waals surface area contributed by atoms with Crippen LogP contribution in [0.25, 0.3) is 0 Å². The molecule has 284 valence electrons. The fourth-order valence-electron chi connectivity index (χ4n) is 5.28. The van der Waals surface area contributed by atoms with Gasteiger partial charge in [0.25, 0.3) is 17.7 Å². The zero-order chi connectivity index (χ0) is 39.3. The maximum absolute atomic E-state index is 13.1. The minimum Gasteiger partial charge on any atom is -0.504 e. The van der Waals surface area contributed by atoms with Gasteiger partial charge in [-0.1, -0.05) is 62.3 Å². The van der Waals surface area contributed by atoms with Crippen LogP contribution in [0.1, 0.15) is 110 Å². The van der Waals surface area contributed by atoms with E-state index in [2.05, 4.69) is 16.0 Å². The first-order valence-electron chi connectivity index (χ1n) is 17.2. The lowest BCUT2D eigenvalue weighted by Gasteiger charge is -2.24. The van der Waals surface area contributed by atoms with Crippen LogP contribution in [0.2, 0.25) is 0 Å². The first-order chi connectivity index (χ1) is 23.9. The molecule has 0 saturated heterocycles. The predicted molar refractivity (Wildman–Crippen MR) is 199 cm³/mol. The Labute approximate surface area is 305 Å². The number of hydrogen-bond donors (Lipinski definition) is 9. The van der Waals surface area contributed by atoms with Gasteiger partial charge in [0.2, 0.25) is 0 Å². The summed E-state index contributed by atoms with van der Waals surface area (Å²) >= 11 is 0. The van der Waals surface area contributed by atoms with Crippen molar-refractivity contribution < 1.29 is 45.0 Å². The molecule has 0 aliphatic rings. The lowest BCUT2D eigenvalue weighted by atomic mass is 9.85. The number of phenols is 6. The number of phenolic OH excluding ortho intramolecular Hbond substituents is 6. The molecule has 52 heavy (non-hydrogen) atoms. The Morgan fingerprint density at radius 1 is 0.462 bits per heavy atom. The maximum atomic E-state index is 13.1. The van der Waals surface area contributed by atoms with Crippen LogP contribution in [0.4, 0.5) is 0 Å². The number of carbonyl (C=O) groups excluding carboxylic acids is 3. The van der Waals surface area contributed by atoms with E-state index in [1.807, 2.05) is 67.2 Å². The largest absolute Gasteiger partial charge is 0.504 e. The predicted octanol–water partition coefficient (Wildman–Crippen LogP) is 4.70. The highest BCUT2D eigenvalue weighted by molar-refractivity contribution is 5.99. The van der Waals surface area contributed by atoms with E-state index in [1.165, 1.54) is 36.4 Å². The van der Waals surface area contributed by atoms with Crippen molar-refractivity contribution in [3.05, 3.63) is 69.8 Å². The fraction of sp³-hybridized carbons (Fsp3) is 0.462. The van der Waals surface area contributed by atoms with Crippen LogP contribution in [0.3, 0.4) is 0 Å². The van der Waals surface area contributed by atoms with Crippen LogP contribution in [0.15, 0.2) is 36.4 Å². The number of carbonyl (C=O) groups is 3. The van der Waals surface area contributed by atoms with Crippen molar-refractivity contribution in [3.8, 4) is 34.5 Å². The van der Waals surface area contributed by atoms with Gasteiger partial charge in [-0.15, -0.1) is 0 Å². The van der Waals surface area contributed by atoms with Gasteiger partial charge in [0, 0.05) is 39.3 Å². The number of amides is 3. The molecule has 3 rings (SSSR count). The first-order valence-corrected chi connectivity index (χ1v) is 17.2. The molecular formula is C39H54N4O9. The van der Waals surface area contributed by atoms with E-state index in [9.17, 15) is 45.0 Å². The maximum Gasteiger partial charge on any atom is 0.255 e. The smallest absolute Gasteiger partial charge is 0.255 e. The van der Waals surface area contributed by atoms with E-state index < -0.39 is 68.5 Å². The average Bonchev–Trinajstić information content (AvgIpc) is 3.02. The number of benzene rings is 3. The summed E-state index contributed by atoms with van der Waals surface area (Å²) in [6, 6.07) is 8.82. The van der Waals surface area contributed by atoms with Crippen molar-refractivity contribution in [1.82, 2.24) is 20.9 Å². The second-order valence-corrected chi connectivity index (χ2v) is 16.0. The van der Waals surface area contributed by atoms with E-state index in [-0.39, 0.29) is 56.0 Å². The summed E-state index contributed by atoms with van der Waals surface area (Å²) in [5.41, 5.74) is 0.492. The number of hydrogen-bond acceptors (Lipinski definition) is 10. The lowest BCUT2D eigenvalue weighted by molar-refractivity contribution is 0.0944. The van der Waals surface area contributed by atoms with E-state index in [4.69, 9.17) is 0 Å². The van der Waals surface area contributed by atoms with Gasteiger partial charge in [-0.3, -0.25) is 19.3 Å². The normalized spacial score (nSPS) is 12.1. The Kier molecular flexibility index (Phi) is 12.7. The van der Waals surface area contributed by atoms with Gasteiger partial charge < -0.3 is 46.6 Å². The minimum atomic E-state index is -0.608. The molecule has 9 N–H and O–H groups in total. The summed E-state index contributed by atoms with van der Waals surface area (Å²) in [5, 5.41) is 70.3. The molecule has 3 aromatic carbocycles. The molecule has 0 bridgehead atoms. The van der Waals surface area contributed by atoms with E-state index in [0.717, 1.165) is 0 Å². The number of rotatable bonds is 12. The van der Waals surface area contributed by atoms with E-state index in [0.29, 0.717) is 16.7 Å². The van der Waals surface area contributed by atoms with Gasteiger partial charge in [-0.05, 0) is 69.3 Å². The minimum absolute atomic E-state index is 0.0860. The lowest BCUT2D eigenvalue weighted by Crippen LogP contribution is -2.43. The molecule has 0 unspecified atom stereocenters. The molecule has 0 radical (unpaired) electrons. The highest BCUT2D eigenvalue weighted by atomic mass is 16.3. The van der Waals surface area contributed by atoms with Crippen LogP contribution in [-0.4, -0.2) is 92.5 Å². The zero-order valence-corrected chi connectivity index (χ0v) is 31.6. The molecule has 13 heteroatoms. The third-order valence-corrected chi connectivity index (χ3v) is 8.74. The third-order valence-electron chi connectivity index (χ3n) is 8.74. The molecule has 0 aromatic heterocycles. The molecule has 0 atom stereocenters. The van der Waals surface area contributed by atoms with Crippen molar-refractivity contribution >= 4 is 17.7 Å². The van der Waals surface area contributed by atoms with Crippen molar-refractivity contribution in [3.63, 3.8) is 0 Å². The molecule has 3 aromatic rings. The molecule has 0 heterocycles. The van der Waals surface area contributed by atoms with E-state index >= 15 is 0 Å². The van der Waals surface area contributed by atoms with Gasteiger partial charge >= 0.3 is 0 Å². The number of nitrogens with zero attached hydrogens (tertiary/aromatic N) is 1. The Balaban J connectivity index is 1.75. The van der Waals surface area contributed by atoms with Crippen molar-refractivity contribution in [2.45, 2.75) is 78.6 Å². The van der Waals surface area contributed by atoms with Crippen molar-refractivity contribution in [2.75, 3.05) is 39.3 Å². The molecule has 0 fully saturated rings. The fourth-order valence-corrected chi connectivity index (χ4v) is 5.28. The summed E-state index contributed by atoms with van der Waals surface area (Å²) in [6.07, 6.45) is 0. The molecular weight excluding hydrogens is 668 g/mol. The Morgan fingerprint density at radius 3 is 0.904 bits per heavy atom. The van der Waals surface area contributed by atoms with Gasteiger partial charge in [-0.25, -0.2) is 0 Å². The van der Waals surface area contributed by atoms with Crippen LogP contribution in [-0.2, 0) is 16.2 Å². The molecule has 0 aliphatic heterocycles. The molecule has 0 spiro atoms. The van der Waals surface area contributed by atoms with Crippen LogP contribution in [0.5, 0.6) is 34.5 Å². The second kappa shape index (κ2) is 16.0. The summed E-state index contributed by atoms with van der Waals surface area (Å²) in [4.78, 5) is 41.2. The first kappa shape index (κ1) is 41.3. The molecule has 0 saturated carbocycles. The standard InChI is InChI=1S/C39H54N4O9/c1-37(2,3)22-16-25(31(47)28(44)19-22)34(50)40-10-13-43(14-11-41-35(51)26-17-23(38(4,5)6)20-29(45)32(26)48)15-12-42-36(52)27-18-24(39(7,8)9)21-30(46)33(27)49/h16-21,44-49H,10-15H2,1-9H3,(H,40,50)(H,41,51)(H,42,52). The monoisotopic (exact) mass is 722 g/mol. The van der Waals surface area contributed by atoms with Crippen LogP contribution >= 0.6 is 0 Å². The summed E-state index contributed by atoms with van der Waals surface area (Å²) in [6.45, 7) is 18.2. The van der Waals surface area contributed by atoms with Crippen LogP contribution < -0.4 is 16.0 Å². The molecule has 3 amide bonds. The third kappa shape index (κ3) is 10.4. The number of nitrogens with one attached hydrogen (secondary N) is 3. The molecule has 13 nitrogen and oxygen atoms in total. The van der Waals surface area contributed by atoms with Crippen molar-refractivity contribution in [2.24, 2.45) is 0 Å². The number of aromatic hydroxyl groups is 6. The summed E-state index contributed by atoms with van der Waals surface area (Å²) < 4.78 is 0. The van der Waals surface area contributed by atoms with Crippen molar-refractivity contribution in [1.29, 1.82) is 0 Å². The Bertz CT molecular complexity index is 1590. The summed E-state index contributed by atoms with van der Waals surface area (Å²) in [7, 11) is 0. The van der Waals surface area contributed by atoms with Gasteiger partial charge in [-0.2, -0.15) is 0 Å². The Morgan fingerprint density at radius 2 is 0.692 bits per heavy atom. The summed E-state index contributed by atoms with van der Waals surface area (Å²) in [5.74, 6) is -4.68. The van der Waals surface area contributed by atoms with Crippen LogP contribution in [0, 0.1) is 0 Å². The quantitative estimate of drug-likeness (QED) is 0.118. The second-order valence-electron chi connectivity index (χ2n) is 16.0. The molecule has 0 aliphatic carbocycles. The Hall–Kier alpha value is -5.17. The SMILES string of the molecule is CC(C)(C)c1cc(O)c(O)c(C(=O)NCCN(CCNC(=O)c2cc(C(C)(C)C)cc(O)c2O)CCNC(=O)c2cc(C(C)(C)C)cc(O)c2O)c1. The van der Waals surface area contributed by atoms with Gasteiger partial charge in [0.05, 0.1) is 16.7 Å². The van der Waals surface area contributed by atoms with Gasteiger partial charge in [0.15, 0.2) is 34.5 Å². The highest BCUT2D eigenvalue weighted by Crippen LogP contribution is 2.37. The average molecular weight is 723 g/mol. The highest BCUT2D eigenvalue weighted by Gasteiger charge is 2.25. The zero-order valence-electron chi connectivity index (χ0n) is 31.6. The van der Waals surface area contributed by atoms with Gasteiger partial charge in [0.1, 0.15) is 0 Å². The van der Waals surface area contributed by atoms with E-state index in [1.54, 1.807) is 0 Å². The topological polar surface area (TPSA) is 212 Å².